The second kappa shape index (κ2) is 8.65. The van der Waals surface area contributed by atoms with E-state index in [1.165, 1.54) is 6.07 Å². The summed E-state index contributed by atoms with van der Waals surface area (Å²) in [5.74, 6) is -1.21. The van der Waals surface area contributed by atoms with Crippen molar-refractivity contribution in [2.45, 2.75) is 43.7 Å². The van der Waals surface area contributed by atoms with Gasteiger partial charge in [-0.1, -0.05) is 24.3 Å². The lowest BCUT2D eigenvalue weighted by molar-refractivity contribution is -0.151. The highest BCUT2D eigenvalue weighted by atomic mass is 32.2. The van der Waals surface area contributed by atoms with E-state index in [0.29, 0.717) is 6.54 Å². The summed E-state index contributed by atoms with van der Waals surface area (Å²) in [5.41, 5.74) is 3.60. The molecule has 170 valence electrons. The maximum Gasteiger partial charge on any atom is 0.325 e. The minimum absolute atomic E-state index is 0.0530. The molecule has 1 N–H and O–H groups in total. The fourth-order valence-electron chi connectivity index (χ4n) is 4.18. The lowest BCUT2D eigenvalue weighted by atomic mass is 10.1. The van der Waals surface area contributed by atoms with E-state index >= 15 is 0 Å². The first-order chi connectivity index (χ1) is 15.2. The highest BCUT2D eigenvalue weighted by Crippen LogP contribution is 2.29. The van der Waals surface area contributed by atoms with Crippen LogP contribution in [-0.2, 0) is 30.8 Å². The third kappa shape index (κ3) is 4.15. The predicted molar refractivity (Wildman–Crippen MR) is 118 cm³/mol. The molecule has 2 atom stereocenters. The van der Waals surface area contributed by atoms with Crippen LogP contribution in [0.1, 0.15) is 23.1 Å². The Morgan fingerprint density at radius 3 is 2.62 bits per heavy atom. The third-order valence-electron chi connectivity index (χ3n) is 6.12. The molecule has 2 aliphatic heterocycles. The molecule has 0 saturated carbocycles. The van der Waals surface area contributed by atoms with Crippen molar-refractivity contribution in [1.29, 1.82) is 0 Å². The summed E-state index contributed by atoms with van der Waals surface area (Å²) in [6, 6.07) is 11.1. The number of para-hydroxylation sites is 1. The van der Waals surface area contributed by atoms with E-state index in [2.05, 4.69) is 0 Å². The molecule has 1 saturated heterocycles. The molecule has 2 heterocycles. The van der Waals surface area contributed by atoms with Gasteiger partial charge in [0.1, 0.15) is 6.04 Å². The van der Waals surface area contributed by atoms with Crippen molar-refractivity contribution < 1.29 is 27.9 Å². The van der Waals surface area contributed by atoms with Crippen molar-refractivity contribution in [2.75, 3.05) is 24.6 Å². The quantitative estimate of drug-likeness (QED) is 0.682. The molecule has 0 bridgehead atoms. The lowest BCUT2D eigenvalue weighted by Crippen LogP contribution is -2.42. The van der Waals surface area contributed by atoms with Crippen LogP contribution in [0.5, 0.6) is 0 Å². The number of amides is 1. The predicted octanol–water partition coefficient (Wildman–Crippen LogP) is 1.56. The first-order valence-electron chi connectivity index (χ1n) is 10.5. The van der Waals surface area contributed by atoms with Crippen LogP contribution < -0.4 is 4.90 Å². The van der Waals surface area contributed by atoms with Gasteiger partial charge in [0.15, 0.2) is 6.61 Å². The number of hydrogen-bond donors (Lipinski definition) is 1. The molecule has 8 nitrogen and oxygen atoms in total. The van der Waals surface area contributed by atoms with Crippen molar-refractivity contribution in [2.24, 2.45) is 0 Å². The molecule has 32 heavy (non-hydrogen) atoms. The van der Waals surface area contributed by atoms with Crippen LogP contribution in [0, 0.1) is 13.8 Å². The Balaban J connectivity index is 1.46. The second-order valence-corrected chi connectivity index (χ2v) is 10.1. The number of nitrogens with zero attached hydrogens (tertiary/aromatic N) is 2. The van der Waals surface area contributed by atoms with E-state index < -0.39 is 34.7 Å². The molecule has 0 radical (unpaired) electrons. The molecule has 2 aliphatic rings. The van der Waals surface area contributed by atoms with Crippen molar-refractivity contribution in [1.82, 2.24) is 4.31 Å². The van der Waals surface area contributed by atoms with E-state index in [1.54, 1.807) is 24.0 Å². The Labute approximate surface area is 187 Å². The summed E-state index contributed by atoms with van der Waals surface area (Å²) in [6.45, 7) is 3.49. The van der Waals surface area contributed by atoms with Gasteiger partial charge in [0.2, 0.25) is 10.0 Å². The number of carbonyl (C=O) groups is 2. The van der Waals surface area contributed by atoms with Crippen LogP contribution in [0.2, 0.25) is 0 Å². The number of benzene rings is 2. The van der Waals surface area contributed by atoms with Gasteiger partial charge in [-0.15, -0.1) is 0 Å². The smallest absolute Gasteiger partial charge is 0.325 e. The van der Waals surface area contributed by atoms with Gasteiger partial charge < -0.3 is 14.7 Å². The van der Waals surface area contributed by atoms with E-state index in [1.807, 2.05) is 31.2 Å². The van der Waals surface area contributed by atoms with E-state index in [4.69, 9.17) is 4.74 Å². The Kier molecular flexibility index (Phi) is 6.07. The SMILES string of the molecule is Cc1ccc(S(=O)(=O)N2CC(O)C[C@H]2C(=O)OCC(=O)N2CCc3ccccc32)cc1C. The monoisotopic (exact) mass is 458 g/mol. The normalized spacial score (nSPS) is 20.9. The van der Waals surface area contributed by atoms with Gasteiger partial charge in [-0.3, -0.25) is 9.59 Å². The Bertz CT molecular complexity index is 1160. The van der Waals surface area contributed by atoms with Gasteiger partial charge >= 0.3 is 5.97 Å². The molecule has 1 unspecified atom stereocenters. The van der Waals surface area contributed by atoms with Crippen LogP contribution in [0.3, 0.4) is 0 Å². The molecule has 0 aromatic heterocycles. The number of anilines is 1. The van der Waals surface area contributed by atoms with Gasteiger partial charge in [0.05, 0.1) is 11.0 Å². The fourth-order valence-corrected chi connectivity index (χ4v) is 5.89. The number of fused-ring (bicyclic) bond motifs is 1. The van der Waals surface area contributed by atoms with Crippen molar-refractivity contribution in [3.8, 4) is 0 Å². The van der Waals surface area contributed by atoms with Crippen LogP contribution in [0.4, 0.5) is 5.69 Å². The van der Waals surface area contributed by atoms with Crippen molar-refractivity contribution in [3.05, 3.63) is 59.2 Å². The lowest BCUT2D eigenvalue weighted by Gasteiger charge is -2.23. The summed E-state index contributed by atoms with van der Waals surface area (Å²) in [4.78, 5) is 27.0. The average molecular weight is 459 g/mol. The zero-order valence-electron chi connectivity index (χ0n) is 18.0. The van der Waals surface area contributed by atoms with Crippen LogP contribution in [0.15, 0.2) is 47.4 Å². The van der Waals surface area contributed by atoms with Gasteiger partial charge in [-0.2, -0.15) is 4.31 Å². The Morgan fingerprint density at radius 2 is 1.88 bits per heavy atom. The van der Waals surface area contributed by atoms with Gasteiger partial charge in [-0.05, 0) is 55.2 Å². The summed E-state index contributed by atoms with van der Waals surface area (Å²) in [6.07, 6.45) is -0.342. The molecule has 0 spiro atoms. The number of sulfonamides is 1. The molecule has 9 heteroatoms. The number of esters is 1. The topological polar surface area (TPSA) is 104 Å². The maximum absolute atomic E-state index is 13.2. The molecular formula is C23H26N2O6S. The standard InChI is InChI=1S/C23H26N2O6S/c1-15-7-8-19(11-16(15)2)32(29,30)25-13-18(26)12-21(25)23(28)31-14-22(27)24-10-9-17-5-3-4-6-20(17)24/h3-8,11,18,21,26H,9-10,12-14H2,1-2H3/t18?,21-/m0/s1. The summed E-state index contributed by atoms with van der Waals surface area (Å²) in [5, 5.41) is 10.1. The number of carbonyl (C=O) groups excluding carboxylic acids is 2. The molecular weight excluding hydrogens is 432 g/mol. The number of rotatable bonds is 5. The fraction of sp³-hybridized carbons (Fsp3) is 0.391. The third-order valence-corrected chi connectivity index (χ3v) is 7.99. The van der Waals surface area contributed by atoms with Gasteiger partial charge in [0.25, 0.3) is 5.91 Å². The number of aryl methyl sites for hydroxylation is 2. The second-order valence-electron chi connectivity index (χ2n) is 8.26. The van der Waals surface area contributed by atoms with Crippen molar-refractivity contribution in [3.63, 3.8) is 0 Å². The van der Waals surface area contributed by atoms with E-state index in [-0.39, 0.29) is 23.8 Å². The minimum atomic E-state index is -4.02. The number of hydrogen-bond acceptors (Lipinski definition) is 6. The summed E-state index contributed by atoms with van der Waals surface area (Å²) >= 11 is 0. The zero-order chi connectivity index (χ0) is 23.0. The largest absolute Gasteiger partial charge is 0.454 e. The minimum Gasteiger partial charge on any atom is -0.454 e. The molecule has 1 amide bonds. The van der Waals surface area contributed by atoms with Gasteiger partial charge in [-0.25, -0.2) is 8.42 Å². The summed E-state index contributed by atoms with van der Waals surface area (Å²) in [7, 11) is -4.02. The summed E-state index contributed by atoms with van der Waals surface area (Å²) < 4.78 is 32.5. The Hall–Kier alpha value is -2.75. The molecule has 0 aliphatic carbocycles. The zero-order valence-corrected chi connectivity index (χ0v) is 18.8. The number of ether oxygens (including phenoxy) is 1. The highest BCUT2D eigenvalue weighted by Gasteiger charge is 2.44. The molecule has 1 fully saturated rings. The maximum atomic E-state index is 13.2. The highest BCUT2D eigenvalue weighted by molar-refractivity contribution is 7.89. The average Bonchev–Trinajstić information content (AvgIpc) is 3.38. The van der Waals surface area contributed by atoms with Crippen LogP contribution in [-0.4, -0.2) is 61.5 Å². The Morgan fingerprint density at radius 1 is 1.12 bits per heavy atom. The first-order valence-corrected chi connectivity index (χ1v) is 11.9. The first kappa shape index (κ1) is 22.4. The molecule has 2 aromatic rings. The van der Waals surface area contributed by atoms with Crippen molar-refractivity contribution >= 4 is 27.6 Å². The number of aliphatic hydroxyl groups is 1. The molecule has 2 aromatic carbocycles. The number of β-amino-alcohol motifs (C(OH)–C–C–N with tert-alkyl or cyclic N) is 1. The number of aliphatic hydroxyl groups excluding tert-OH is 1. The van der Waals surface area contributed by atoms with E-state index in [9.17, 15) is 23.1 Å². The van der Waals surface area contributed by atoms with Crippen LogP contribution >= 0.6 is 0 Å². The van der Waals surface area contributed by atoms with Crippen LogP contribution in [0.25, 0.3) is 0 Å². The van der Waals surface area contributed by atoms with Gasteiger partial charge in [0, 0.05) is 25.2 Å². The molecule has 4 rings (SSSR count). The van der Waals surface area contributed by atoms with E-state index in [0.717, 1.165) is 33.1 Å².